The summed E-state index contributed by atoms with van der Waals surface area (Å²) in [5.41, 5.74) is 1.40. The van der Waals surface area contributed by atoms with Gasteiger partial charge in [-0.3, -0.25) is 9.59 Å². The van der Waals surface area contributed by atoms with E-state index >= 15 is 0 Å². The van der Waals surface area contributed by atoms with Crippen LogP contribution in [0.15, 0.2) is 55.1 Å². The Morgan fingerprint density at radius 2 is 1.60 bits per heavy atom. The van der Waals surface area contributed by atoms with Crippen molar-refractivity contribution < 1.29 is 19.1 Å². The topological polar surface area (TPSA) is 107 Å². The van der Waals surface area contributed by atoms with Crippen LogP contribution in [0.5, 0.6) is 11.5 Å². The van der Waals surface area contributed by atoms with E-state index in [4.69, 9.17) is 9.47 Å². The van der Waals surface area contributed by atoms with Crippen molar-refractivity contribution in [1.82, 2.24) is 14.8 Å². The molecule has 0 spiro atoms. The molecule has 0 aliphatic carbocycles. The molecule has 2 N–H and O–H groups in total. The first-order valence-electron chi connectivity index (χ1n) is 9.53. The van der Waals surface area contributed by atoms with Gasteiger partial charge in [-0.05, 0) is 26.0 Å². The summed E-state index contributed by atoms with van der Waals surface area (Å²) >= 11 is 0. The van der Waals surface area contributed by atoms with Gasteiger partial charge in [-0.1, -0.05) is 18.2 Å². The number of hydrogen-bond acceptors (Lipinski definition) is 6. The van der Waals surface area contributed by atoms with Gasteiger partial charge in [-0.25, -0.2) is 9.67 Å². The van der Waals surface area contributed by atoms with Crippen LogP contribution < -0.4 is 20.1 Å². The Bertz CT molecular complexity index is 990. The second kappa shape index (κ2) is 10.1. The molecule has 1 heterocycles. The van der Waals surface area contributed by atoms with Gasteiger partial charge in [-0.15, -0.1) is 0 Å². The Hall–Kier alpha value is -3.88. The third kappa shape index (κ3) is 5.34. The van der Waals surface area contributed by atoms with E-state index in [-0.39, 0.29) is 18.4 Å². The monoisotopic (exact) mass is 409 g/mol. The van der Waals surface area contributed by atoms with E-state index in [2.05, 4.69) is 20.7 Å². The molecule has 156 valence electrons. The molecule has 0 atom stereocenters. The molecule has 0 saturated heterocycles. The highest BCUT2D eigenvalue weighted by molar-refractivity contribution is 6.05. The van der Waals surface area contributed by atoms with Crippen molar-refractivity contribution in [2.45, 2.75) is 20.4 Å². The Balaban J connectivity index is 1.86. The summed E-state index contributed by atoms with van der Waals surface area (Å²) in [5.74, 6) is 0.254. The molecule has 9 nitrogen and oxygen atoms in total. The van der Waals surface area contributed by atoms with Gasteiger partial charge in [0.15, 0.2) is 0 Å². The van der Waals surface area contributed by atoms with Gasteiger partial charge in [0.1, 0.15) is 30.7 Å². The van der Waals surface area contributed by atoms with Crippen LogP contribution in [0.2, 0.25) is 0 Å². The minimum Gasteiger partial charge on any atom is -0.492 e. The number of carbonyl (C=O) groups is 2. The summed E-state index contributed by atoms with van der Waals surface area (Å²) in [5, 5.41) is 9.57. The maximum Gasteiger partial charge on any atom is 0.255 e. The normalized spacial score (nSPS) is 10.3. The number of hydrogen-bond donors (Lipinski definition) is 2. The summed E-state index contributed by atoms with van der Waals surface area (Å²) in [7, 11) is 0. The average Bonchev–Trinajstić information content (AvgIpc) is 3.24. The molecule has 0 unspecified atom stereocenters. The van der Waals surface area contributed by atoms with Crippen LogP contribution >= 0.6 is 0 Å². The predicted octanol–water partition coefficient (Wildman–Crippen LogP) is 2.97. The standard InChI is InChI=1S/C21H23N5O4/c1-3-29-18-11-17(25-21(28)15-8-6-5-7-9-15)19(30-4-2)10-16(18)24-20(27)12-26-14-22-13-23-26/h5-11,13-14H,3-4,12H2,1-2H3,(H,24,27)(H,25,28). The lowest BCUT2D eigenvalue weighted by atomic mass is 10.2. The van der Waals surface area contributed by atoms with Gasteiger partial charge < -0.3 is 20.1 Å². The molecule has 3 rings (SSSR count). The van der Waals surface area contributed by atoms with Crippen LogP contribution in [0, 0.1) is 0 Å². The third-order valence-corrected chi connectivity index (χ3v) is 4.01. The van der Waals surface area contributed by atoms with Gasteiger partial charge in [-0.2, -0.15) is 5.10 Å². The lowest BCUT2D eigenvalue weighted by Gasteiger charge is -2.18. The maximum absolute atomic E-state index is 12.6. The van der Waals surface area contributed by atoms with Crippen molar-refractivity contribution in [2.24, 2.45) is 0 Å². The quantitative estimate of drug-likeness (QED) is 0.563. The molecule has 2 amide bonds. The molecule has 0 aliphatic rings. The zero-order chi connectivity index (χ0) is 21.3. The number of aromatic nitrogens is 3. The Morgan fingerprint density at radius 1 is 0.967 bits per heavy atom. The van der Waals surface area contributed by atoms with Crippen molar-refractivity contribution in [3.8, 4) is 11.5 Å². The van der Waals surface area contributed by atoms with E-state index in [1.165, 1.54) is 17.3 Å². The number of amides is 2. The first kappa shape index (κ1) is 20.8. The summed E-state index contributed by atoms with van der Waals surface area (Å²) < 4.78 is 12.8. The predicted molar refractivity (Wildman–Crippen MR) is 112 cm³/mol. The van der Waals surface area contributed by atoms with E-state index in [1.54, 1.807) is 36.4 Å². The fraction of sp³-hybridized carbons (Fsp3) is 0.238. The molecule has 0 aliphatic heterocycles. The van der Waals surface area contributed by atoms with E-state index < -0.39 is 0 Å². The average molecular weight is 409 g/mol. The van der Waals surface area contributed by atoms with Gasteiger partial charge in [0.2, 0.25) is 5.91 Å². The molecular weight excluding hydrogens is 386 g/mol. The van der Waals surface area contributed by atoms with E-state index in [1.807, 2.05) is 19.9 Å². The third-order valence-electron chi connectivity index (χ3n) is 4.01. The summed E-state index contributed by atoms with van der Waals surface area (Å²) in [6.45, 7) is 4.43. The zero-order valence-electron chi connectivity index (χ0n) is 16.8. The van der Waals surface area contributed by atoms with Crippen LogP contribution in [0.3, 0.4) is 0 Å². The van der Waals surface area contributed by atoms with Crippen molar-refractivity contribution >= 4 is 23.2 Å². The lowest BCUT2D eigenvalue weighted by Crippen LogP contribution is -2.20. The van der Waals surface area contributed by atoms with Crippen LogP contribution in [0.25, 0.3) is 0 Å². The fourth-order valence-corrected chi connectivity index (χ4v) is 2.74. The number of benzene rings is 2. The van der Waals surface area contributed by atoms with Crippen molar-refractivity contribution in [2.75, 3.05) is 23.8 Å². The molecule has 0 bridgehead atoms. The van der Waals surface area contributed by atoms with Crippen molar-refractivity contribution in [1.29, 1.82) is 0 Å². The number of rotatable bonds is 9. The molecule has 0 fully saturated rings. The van der Waals surface area contributed by atoms with Crippen molar-refractivity contribution in [3.05, 3.63) is 60.7 Å². The molecule has 0 radical (unpaired) electrons. The van der Waals surface area contributed by atoms with E-state index in [0.29, 0.717) is 41.7 Å². The van der Waals surface area contributed by atoms with Gasteiger partial charge >= 0.3 is 0 Å². The Morgan fingerprint density at radius 3 is 2.17 bits per heavy atom. The SMILES string of the molecule is CCOc1cc(NC(=O)c2ccccc2)c(OCC)cc1NC(=O)Cn1cncn1. The Kier molecular flexibility index (Phi) is 6.99. The highest BCUT2D eigenvalue weighted by Gasteiger charge is 2.17. The fourth-order valence-electron chi connectivity index (χ4n) is 2.74. The van der Waals surface area contributed by atoms with E-state index in [0.717, 1.165) is 0 Å². The highest BCUT2D eigenvalue weighted by atomic mass is 16.5. The lowest BCUT2D eigenvalue weighted by molar-refractivity contribution is -0.116. The van der Waals surface area contributed by atoms with Gasteiger partial charge in [0, 0.05) is 17.7 Å². The molecule has 0 saturated carbocycles. The maximum atomic E-state index is 12.6. The minimum atomic E-state index is -0.301. The molecule has 3 aromatic rings. The van der Waals surface area contributed by atoms with Crippen LogP contribution in [0.4, 0.5) is 11.4 Å². The summed E-state index contributed by atoms with van der Waals surface area (Å²) in [4.78, 5) is 28.8. The second-order valence-corrected chi connectivity index (χ2v) is 6.17. The number of carbonyl (C=O) groups excluding carboxylic acids is 2. The first-order chi connectivity index (χ1) is 14.6. The zero-order valence-corrected chi connectivity index (χ0v) is 16.8. The number of nitrogens with zero attached hydrogens (tertiary/aromatic N) is 3. The summed E-state index contributed by atoms with van der Waals surface area (Å²) in [6.07, 6.45) is 2.81. The summed E-state index contributed by atoms with van der Waals surface area (Å²) in [6, 6.07) is 12.1. The number of nitrogens with one attached hydrogen (secondary N) is 2. The largest absolute Gasteiger partial charge is 0.492 e. The Labute approximate surface area is 174 Å². The molecule has 9 heteroatoms. The van der Waals surface area contributed by atoms with Gasteiger partial charge in [0.05, 0.1) is 24.6 Å². The highest BCUT2D eigenvalue weighted by Crippen LogP contribution is 2.37. The van der Waals surface area contributed by atoms with Gasteiger partial charge in [0.25, 0.3) is 5.91 Å². The minimum absolute atomic E-state index is 0.00201. The van der Waals surface area contributed by atoms with Crippen molar-refractivity contribution in [3.63, 3.8) is 0 Å². The number of anilines is 2. The first-order valence-corrected chi connectivity index (χ1v) is 9.53. The smallest absolute Gasteiger partial charge is 0.255 e. The number of ether oxygens (including phenoxy) is 2. The second-order valence-electron chi connectivity index (χ2n) is 6.17. The molecule has 1 aromatic heterocycles. The van der Waals surface area contributed by atoms with Crippen LogP contribution in [0.1, 0.15) is 24.2 Å². The van der Waals surface area contributed by atoms with E-state index in [9.17, 15) is 9.59 Å². The molecule has 2 aromatic carbocycles. The molecular formula is C21H23N5O4. The van der Waals surface area contributed by atoms with Crippen LogP contribution in [-0.2, 0) is 11.3 Å². The van der Waals surface area contributed by atoms with Crippen LogP contribution in [-0.4, -0.2) is 39.8 Å². The molecule has 30 heavy (non-hydrogen) atoms.